The fraction of sp³-hybridized carbons (Fsp3) is 0.810. The number of carbonyl (C=O) groups is 3. The van der Waals surface area contributed by atoms with Gasteiger partial charge in [0.2, 0.25) is 11.8 Å². The minimum Gasteiger partial charge on any atom is -0.462 e. The molecule has 0 fully saturated rings. The molecular formula is C21H43N7O4. The molecule has 0 aliphatic heterocycles. The number of nitrogens with one attached hydrogen (secondary N) is 3. The molecule has 0 bridgehead atoms. The number of ether oxygens (including phenoxy) is 1. The standard InChI is InChI=1S/C21H43N7O4/c1-3-19(30)32-17(9-4-5-14-27-21(23)24)15-18(29)28-16(2)20(31)26-13-7-6-11-25-12-8-10-22/h16-17,25H,3-15,22H2,1-2H3,(H,26,31)(H,28,29)(H4,23,24,27)/t16-,17?/m0/s1. The smallest absolute Gasteiger partial charge is 0.305 e. The summed E-state index contributed by atoms with van der Waals surface area (Å²) in [7, 11) is 0. The highest BCUT2D eigenvalue weighted by Gasteiger charge is 2.21. The largest absolute Gasteiger partial charge is 0.462 e. The number of carbonyl (C=O) groups excluding carboxylic acids is 3. The first-order valence-corrected chi connectivity index (χ1v) is 11.5. The second-order valence-electron chi connectivity index (χ2n) is 7.65. The molecule has 0 aromatic rings. The van der Waals surface area contributed by atoms with Gasteiger partial charge in [0.05, 0.1) is 6.42 Å². The number of amides is 2. The lowest BCUT2D eigenvalue weighted by Gasteiger charge is -2.19. The molecule has 0 aromatic carbocycles. The average Bonchev–Trinajstić information content (AvgIpc) is 2.74. The summed E-state index contributed by atoms with van der Waals surface area (Å²) in [6.07, 6.45) is 4.33. The van der Waals surface area contributed by atoms with Crippen LogP contribution in [0.5, 0.6) is 0 Å². The van der Waals surface area contributed by atoms with Crippen molar-refractivity contribution >= 4 is 23.7 Å². The normalized spacial score (nSPS) is 12.5. The number of nitrogens with zero attached hydrogens (tertiary/aromatic N) is 1. The van der Waals surface area contributed by atoms with Crippen molar-refractivity contribution in [2.75, 3.05) is 32.7 Å². The van der Waals surface area contributed by atoms with Gasteiger partial charge < -0.3 is 37.9 Å². The summed E-state index contributed by atoms with van der Waals surface area (Å²) in [6.45, 7) is 6.80. The summed E-state index contributed by atoms with van der Waals surface area (Å²) in [4.78, 5) is 40.1. The molecule has 9 N–H and O–H groups in total. The van der Waals surface area contributed by atoms with Crippen LogP contribution in [0.2, 0.25) is 0 Å². The van der Waals surface area contributed by atoms with Gasteiger partial charge in [0.25, 0.3) is 0 Å². The first-order valence-electron chi connectivity index (χ1n) is 11.5. The van der Waals surface area contributed by atoms with Gasteiger partial charge in [0.1, 0.15) is 12.1 Å². The summed E-state index contributed by atoms with van der Waals surface area (Å²) in [5, 5.41) is 8.78. The van der Waals surface area contributed by atoms with E-state index in [4.69, 9.17) is 21.9 Å². The summed E-state index contributed by atoms with van der Waals surface area (Å²) >= 11 is 0. The van der Waals surface area contributed by atoms with Gasteiger partial charge in [-0.25, -0.2) is 0 Å². The second kappa shape index (κ2) is 19.3. The maximum absolute atomic E-state index is 12.4. The summed E-state index contributed by atoms with van der Waals surface area (Å²) in [5.74, 6) is -0.913. The van der Waals surface area contributed by atoms with E-state index in [1.165, 1.54) is 0 Å². The molecule has 0 aliphatic carbocycles. The van der Waals surface area contributed by atoms with Crippen molar-refractivity contribution < 1.29 is 19.1 Å². The van der Waals surface area contributed by atoms with Gasteiger partial charge in [-0.2, -0.15) is 0 Å². The lowest BCUT2D eigenvalue weighted by Crippen LogP contribution is -2.46. The second-order valence-corrected chi connectivity index (χ2v) is 7.65. The third kappa shape index (κ3) is 17.3. The highest BCUT2D eigenvalue weighted by molar-refractivity contribution is 5.87. The molecule has 0 saturated heterocycles. The Labute approximate surface area is 191 Å². The number of esters is 1. The minimum atomic E-state index is -0.672. The number of aliphatic imine (C=N–C) groups is 1. The third-order valence-corrected chi connectivity index (χ3v) is 4.64. The Kier molecular flexibility index (Phi) is 17.9. The number of guanidine groups is 1. The van der Waals surface area contributed by atoms with E-state index >= 15 is 0 Å². The van der Waals surface area contributed by atoms with Crippen LogP contribution < -0.4 is 33.2 Å². The van der Waals surface area contributed by atoms with E-state index in [1.807, 2.05) is 0 Å². The lowest BCUT2D eigenvalue weighted by atomic mass is 10.1. The summed E-state index contributed by atoms with van der Waals surface area (Å²) in [6, 6.07) is -0.672. The predicted octanol–water partition coefficient (Wildman–Crippen LogP) is -0.518. The van der Waals surface area contributed by atoms with Crippen molar-refractivity contribution in [1.29, 1.82) is 0 Å². The van der Waals surface area contributed by atoms with Crippen molar-refractivity contribution in [2.24, 2.45) is 22.2 Å². The van der Waals surface area contributed by atoms with Gasteiger partial charge in [0.15, 0.2) is 5.96 Å². The average molecular weight is 458 g/mol. The fourth-order valence-corrected chi connectivity index (χ4v) is 2.83. The number of rotatable bonds is 19. The molecule has 186 valence electrons. The van der Waals surface area contributed by atoms with Gasteiger partial charge in [-0.15, -0.1) is 0 Å². The van der Waals surface area contributed by atoms with E-state index < -0.39 is 12.1 Å². The molecular weight excluding hydrogens is 414 g/mol. The van der Waals surface area contributed by atoms with E-state index in [9.17, 15) is 14.4 Å². The van der Waals surface area contributed by atoms with E-state index in [0.717, 1.165) is 32.4 Å². The van der Waals surface area contributed by atoms with Crippen LogP contribution in [0.1, 0.15) is 65.2 Å². The molecule has 0 saturated carbocycles. The first kappa shape index (κ1) is 29.6. The summed E-state index contributed by atoms with van der Waals surface area (Å²) < 4.78 is 5.37. The first-order chi connectivity index (χ1) is 15.3. The van der Waals surface area contributed by atoms with Crippen LogP contribution in [-0.4, -0.2) is 68.6 Å². The number of unbranched alkanes of at least 4 members (excludes halogenated alkanes) is 2. The van der Waals surface area contributed by atoms with Crippen molar-refractivity contribution in [3.05, 3.63) is 0 Å². The maximum atomic E-state index is 12.4. The topological polar surface area (TPSA) is 187 Å². The molecule has 32 heavy (non-hydrogen) atoms. The number of hydrogen-bond donors (Lipinski definition) is 6. The van der Waals surface area contributed by atoms with E-state index in [1.54, 1.807) is 13.8 Å². The van der Waals surface area contributed by atoms with Gasteiger partial charge in [-0.05, 0) is 65.1 Å². The Morgan fingerprint density at radius 3 is 2.34 bits per heavy atom. The molecule has 11 nitrogen and oxygen atoms in total. The quantitative estimate of drug-likeness (QED) is 0.0647. The molecule has 0 aliphatic rings. The van der Waals surface area contributed by atoms with Crippen molar-refractivity contribution in [3.63, 3.8) is 0 Å². The zero-order valence-corrected chi connectivity index (χ0v) is 19.7. The third-order valence-electron chi connectivity index (χ3n) is 4.64. The Morgan fingerprint density at radius 2 is 1.69 bits per heavy atom. The van der Waals surface area contributed by atoms with Crippen molar-refractivity contribution in [1.82, 2.24) is 16.0 Å². The SMILES string of the molecule is CCC(=O)OC(CCCCN=C(N)N)CC(=O)N[C@@H](C)C(=O)NCCCCNCCCN. The van der Waals surface area contributed by atoms with Gasteiger partial charge in [0, 0.05) is 19.5 Å². The maximum Gasteiger partial charge on any atom is 0.305 e. The molecule has 0 spiro atoms. The van der Waals surface area contributed by atoms with E-state index in [2.05, 4.69) is 20.9 Å². The summed E-state index contributed by atoms with van der Waals surface area (Å²) in [5.41, 5.74) is 16.0. The molecule has 0 aromatic heterocycles. The Hall–Kier alpha value is -2.40. The molecule has 0 heterocycles. The monoisotopic (exact) mass is 457 g/mol. The van der Waals surface area contributed by atoms with Crippen LogP contribution in [-0.2, 0) is 19.1 Å². The number of nitrogens with two attached hydrogens (primary N) is 3. The Balaban J connectivity index is 4.25. The molecule has 0 rings (SSSR count). The van der Waals surface area contributed by atoms with Gasteiger partial charge in [-0.3, -0.25) is 19.4 Å². The van der Waals surface area contributed by atoms with E-state index in [-0.39, 0.29) is 36.6 Å². The van der Waals surface area contributed by atoms with Crippen LogP contribution >= 0.6 is 0 Å². The van der Waals surface area contributed by atoms with E-state index in [0.29, 0.717) is 38.9 Å². The highest BCUT2D eigenvalue weighted by Crippen LogP contribution is 2.11. The van der Waals surface area contributed by atoms with Crippen LogP contribution in [0.3, 0.4) is 0 Å². The molecule has 2 atom stereocenters. The van der Waals surface area contributed by atoms with Crippen LogP contribution in [0, 0.1) is 0 Å². The zero-order chi connectivity index (χ0) is 24.2. The zero-order valence-electron chi connectivity index (χ0n) is 19.7. The molecule has 2 amide bonds. The Bertz CT molecular complexity index is 568. The minimum absolute atomic E-state index is 0.000124. The van der Waals surface area contributed by atoms with Crippen molar-refractivity contribution in [3.8, 4) is 0 Å². The van der Waals surface area contributed by atoms with Crippen LogP contribution in [0.15, 0.2) is 4.99 Å². The highest BCUT2D eigenvalue weighted by atomic mass is 16.5. The van der Waals surface area contributed by atoms with Crippen LogP contribution in [0.25, 0.3) is 0 Å². The van der Waals surface area contributed by atoms with Crippen LogP contribution in [0.4, 0.5) is 0 Å². The fourth-order valence-electron chi connectivity index (χ4n) is 2.83. The number of hydrogen-bond acceptors (Lipinski definition) is 7. The Morgan fingerprint density at radius 1 is 1.00 bits per heavy atom. The van der Waals surface area contributed by atoms with Gasteiger partial charge in [-0.1, -0.05) is 6.92 Å². The lowest BCUT2D eigenvalue weighted by molar-refractivity contribution is -0.150. The molecule has 11 heteroatoms. The van der Waals surface area contributed by atoms with Crippen molar-refractivity contribution in [2.45, 2.75) is 77.4 Å². The predicted molar refractivity (Wildman–Crippen MR) is 126 cm³/mol. The molecule has 1 unspecified atom stereocenters. The van der Waals surface area contributed by atoms with Gasteiger partial charge >= 0.3 is 5.97 Å². The molecule has 0 radical (unpaired) electrons.